The Morgan fingerprint density at radius 2 is 1.36 bits per heavy atom. The van der Waals surface area contributed by atoms with E-state index in [2.05, 4.69) is 6.92 Å². The zero-order chi connectivity index (χ0) is 16.6. The summed E-state index contributed by atoms with van der Waals surface area (Å²) in [5.74, 6) is -1.01. The van der Waals surface area contributed by atoms with Gasteiger partial charge in [-0.05, 0) is 19.8 Å². The second-order valence-corrected chi connectivity index (χ2v) is 5.72. The average Bonchev–Trinajstić information content (AvgIpc) is 2.47. The van der Waals surface area contributed by atoms with Crippen LogP contribution in [0.25, 0.3) is 0 Å². The highest BCUT2D eigenvalue weighted by Crippen LogP contribution is 2.14. The predicted molar refractivity (Wildman–Crippen MR) is 90.4 cm³/mol. The van der Waals surface area contributed by atoms with Gasteiger partial charge in [0.05, 0.1) is 6.61 Å². The fraction of sp³-hybridized carbons (Fsp3) is 0.778. The molecule has 0 bridgehead atoms. The van der Waals surface area contributed by atoms with Crippen molar-refractivity contribution >= 4 is 11.9 Å². The summed E-state index contributed by atoms with van der Waals surface area (Å²) >= 11 is 0. The number of nitrogens with two attached hydrogens (primary N) is 1. The SMILES string of the molecule is CCCCCCCCCCCCC(=CC(N)=O)C(=O)OCC. The maximum Gasteiger partial charge on any atom is 0.334 e. The van der Waals surface area contributed by atoms with Gasteiger partial charge >= 0.3 is 5.97 Å². The molecule has 0 aliphatic carbocycles. The Morgan fingerprint density at radius 1 is 0.864 bits per heavy atom. The highest BCUT2D eigenvalue weighted by Gasteiger charge is 2.11. The number of amides is 1. The van der Waals surface area contributed by atoms with Gasteiger partial charge in [-0.25, -0.2) is 4.79 Å². The fourth-order valence-corrected chi connectivity index (χ4v) is 2.43. The van der Waals surface area contributed by atoms with Gasteiger partial charge < -0.3 is 10.5 Å². The molecule has 0 aromatic carbocycles. The van der Waals surface area contributed by atoms with Crippen LogP contribution in [-0.4, -0.2) is 18.5 Å². The molecule has 4 heteroatoms. The van der Waals surface area contributed by atoms with Gasteiger partial charge in [-0.3, -0.25) is 4.79 Å². The lowest BCUT2D eigenvalue weighted by molar-refractivity contribution is -0.138. The van der Waals surface area contributed by atoms with Crippen molar-refractivity contribution in [3.05, 3.63) is 11.6 Å². The summed E-state index contributed by atoms with van der Waals surface area (Å²) in [5, 5.41) is 0. The number of esters is 1. The first kappa shape index (κ1) is 20.7. The van der Waals surface area contributed by atoms with Gasteiger partial charge in [0.2, 0.25) is 5.91 Å². The second kappa shape index (κ2) is 14.6. The molecule has 1 amide bonds. The Labute approximate surface area is 135 Å². The molecule has 0 saturated heterocycles. The summed E-state index contributed by atoms with van der Waals surface area (Å²) in [5.41, 5.74) is 5.52. The molecule has 0 aromatic heterocycles. The van der Waals surface area contributed by atoms with Gasteiger partial charge in [-0.2, -0.15) is 0 Å². The maximum absolute atomic E-state index is 11.7. The molecule has 0 atom stereocenters. The fourth-order valence-electron chi connectivity index (χ4n) is 2.43. The first-order chi connectivity index (χ1) is 10.6. The summed E-state index contributed by atoms with van der Waals surface area (Å²) in [6.45, 7) is 4.30. The van der Waals surface area contributed by atoms with Crippen LogP contribution in [0.5, 0.6) is 0 Å². The van der Waals surface area contributed by atoms with Gasteiger partial charge in [0.1, 0.15) is 0 Å². The van der Waals surface area contributed by atoms with E-state index in [-0.39, 0.29) is 0 Å². The van der Waals surface area contributed by atoms with E-state index in [9.17, 15) is 9.59 Å². The van der Waals surface area contributed by atoms with Crippen LogP contribution in [0.1, 0.15) is 84.5 Å². The normalized spacial score (nSPS) is 11.5. The Balaban J connectivity index is 3.73. The highest BCUT2D eigenvalue weighted by molar-refractivity contribution is 5.97. The van der Waals surface area contributed by atoms with E-state index in [1.807, 2.05) is 0 Å². The minimum atomic E-state index is -0.588. The zero-order valence-corrected chi connectivity index (χ0v) is 14.4. The summed E-state index contributed by atoms with van der Waals surface area (Å²) in [4.78, 5) is 22.6. The monoisotopic (exact) mass is 311 g/mol. The third kappa shape index (κ3) is 12.4. The third-order valence-corrected chi connectivity index (χ3v) is 3.65. The molecular weight excluding hydrogens is 278 g/mol. The lowest BCUT2D eigenvalue weighted by Gasteiger charge is -2.06. The van der Waals surface area contributed by atoms with E-state index in [0.29, 0.717) is 18.6 Å². The number of rotatable bonds is 14. The quantitative estimate of drug-likeness (QED) is 0.296. The number of unbranched alkanes of at least 4 members (excludes halogenated alkanes) is 9. The van der Waals surface area contributed by atoms with E-state index in [1.165, 1.54) is 57.4 Å². The molecule has 0 aliphatic rings. The molecule has 0 rings (SSSR count). The standard InChI is InChI=1S/C18H33NO3/c1-3-5-6-7-8-9-10-11-12-13-14-16(15-17(19)20)18(21)22-4-2/h15H,3-14H2,1-2H3,(H2,19,20). The van der Waals surface area contributed by atoms with Gasteiger partial charge in [-0.15, -0.1) is 0 Å². The molecule has 22 heavy (non-hydrogen) atoms. The van der Waals surface area contributed by atoms with E-state index in [1.54, 1.807) is 6.92 Å². The van der Waals surface area contributed by atoms with Crippen molar-refractivity contribution in [3.8, 4) is 0 Å². The molecule has 128 valence electrons. The molecule has 0 fully saturated rings. The van der Waals surface area contributed by atoms with Crippen LogP contribution < -0.4 is 5.73 Å². The Morgan fingerprint density at radius 3 is 1.82 bits per heavy atom. The number of carbonyl (C=O) groups excluding carboxylic acids is 2. The average molecular weight is 311 g/mol. The first-order valence-electron chi connectivity index (χ1n) is 8.78. The van der Waals surface area contributed by atoms with Crippen LogP contribution >= 0.6 is 0 Å². The van der Waals surface area contributed by atoms with Crippen molar-refractivity contribution < 1.29 is 14.3 Å². The largest absolute Gasteiger partial charge is 0.463 e. The minimum absolute atomic E-state index is 0.312. The summed E-state index contributed by atoms with van der Waals surface area (Å²) < 4.78 is 4.93. The Bertz CT molecular complexity index is 337. The van der Waals surface area contributed by atoms with Crippen molar-refractivity contribution in [1.29, 1.82) is 0 Å². The van der Waals surface area contributed by atoms with Crippen LogP contribution in [0.3, 0.4) is 0 Å². The molecule has 0 spiro atoms. The lowest BCUT2D eigenvalue weighted by Crippen LogP contribution is -2.13. The molecule has 0 aliphatic heterocycles. The maximum atomic E-state index is 11.7. The minimum Gasteiger partial charge on any atom is -0.463 e. The number of carbonyl (C=O) groups is 2. The van der Waals surface area contributed by atoms with Gasteiger partial charge in [-0.1, -0.05) is 64.7 Å². The number of hydrogen-bond donors (Lipinski definition) is 1. The number of primary amides is 1. The van der Waals surface area contributed by atoms with Crippen LogP contribution in [0.2, 0.25) is 0 Å². The second-order valence-electron chi connectivity index (χ2n) is 5.72. The van der Waals surface area contributed by atoms with Crippen molar-refractivity contribution in [2.24, 2.45) is 5.73 Å². The zero-order valence-electron chi connectivity index (χ0n) is 14.4. The molecule has 0 radical (unpaired) electrons. The van der Waals surface area contributed by atoms with Crippen molar-refractivity contribution in [2.45, 2.75) is 84.5 Å². The molecule has 0 saturated carbocycles. The van der Waals surface area contributed by atoms with Gasteiger partial charge in [0.25, 0.3) is 0 Å². The third-order valence-electron chi connectivity index (χ3n) is 3.65. The highest BCUT2D eigenvalue weighted by atomic mass is 16.5. The molecule has 4 nitrogen and oxygen atoms in total. The van der Waals surface area contributed by atoms with Gasteiger partial charge in [0, 0.05) is 11.6 Å². The number of ether oxygens (including phenoxy) is 1. The van der Waals surface area contributed by atoms with Crippen LogP contribution in [-0.2, 0) is 14.3 Å². The van der Waals surface area contributed by atoms with Crippen molar-refractivity contribution in [3.63, 3.8) is 0 Å². The molecule has 0 unspecified atom stereocenters. The van der Waals surface area contributed by atoms with E-state index >= 15 is 0 Å². The summed E-state index contributed by atoms with van der Waals surface area (Å²) in [6.07, 6.45) is 14.1. The van der Waals surface area contributed by atoms with E-state index < -0.39 is 11.9 Å². The Kier molecular flexibility index (Phi) is 13.7. The molecule has 0 aromatic rings. The van der Waals surface area contributed by atoms with Crippen LogP contribution in [0, 0.1) is 0 Å². The lowest BCUT2D eigenvalue weighted by atomic mass is 10.0. The Hall–Kier alpha value is -1.32. The van der Waals surface area contributed by atoms with Crippen molar-refractivity contribution in [2.75, 3.05) is 6.61 Å². The van der Waals surface area contributed by atoms with Crippen LogP contribution in [0.15, 0.2) is 11.6 Å². The van der Waals surface area contributed by atoms with E-state index in [0.717, 1.165) is 12.8 Å². The molecule has 0 heterocycles. The smallest absolute Gasteiger partial charge is 0.334 e. The summed E-state index contributed by atoms with van der Waals surface area (Å²) in [7, 11) is 0. The molecule has 2 N–H and O–H groups in total. The first-order valence-corrected chi connectivity index (χ1v) is 8.78. The number of hydrogen-bond acceptors (Lipinski definition) is 3. The summed E-state index contributed by atoms with van der Waals surface area (Å²) in [6, 6.07) is 0. The van der Waals surface area contributed by atoms with Gasteiger partial charge in [0.15, 0.2) is 0 Å². The van der Waals surface area contributed by atoms with Crippen molar-refractivity contribution in [1.82, 2.24) is 0 Å². The van der Waals surface area contributed by atoms with Crippen LogP contribution in [0.4, 0.5) is 0 Å². The molecular formula is C18H33NO3. The topological polar surface area (TPSA) is 69.4 Å². The predicted octanol–water partition coefficient (Wildman–Crippen LogP) is 4.27. The van der Waals surface area contributed by atoms with E-state index in [4.69, 9.17) is 10.5 Å².